The van der Waals surface area contributed by atoms with Crippen LogP contribution in [0.25, 0.3) is 5.65 Å². The number of anilines is 1. The fraction of sp³-hybridized carbons (Fsp3) is 0.533. The molecule has 0 N–H and O–H groups in total. The van der Waals surface area contributed by atoms with Gasteiger partial charge < -0.3 is 14.5 Å². The van der Waals surface area contributed by atoms with E-state index in [1.807, 2.05) is 26.0 Å². The lowest BCUT2D eigenvalue weighted by Gasteiger charge is -2.25. The molecule has 124 valence electrons. The van der Waals surface area contributed by atoms with E-state index in [0.29, 0.717) is 0 Å². The van der Waals surface area contributed by atoms with Crippen LogP contribution in [0.3, 0.4) is 0 Å². The fourth-order valence-electron chi connectivity index (χ4n) is 2.70. The number of likely N-dealkylation sites (N-methyl/N-ethyl adjacent to an activating group) is 1. The molecule has 1 aliphatic heterocycles. The van der Waals surface area contributed by atoms with Gasteiger partial charge in [0.1, 0.15) is 10.4 Å². The van der Waals surface area contributed by atoms with Crippen LogP contribution in [0.1, 0.15) is 20.3 Å². The van der Waals surface area contributed by atoms with E-state index in [4.69, 9.17) is 4.74 Å². The highest BCUT2D eigenvalue weighted by atomic mass is 79.9. The van der Waals surface area contributed by atoms with Crippen molar-refractivity contribution < 1.29 is 9.53 Å². The van der Waals surface area contributed by atoms with Crippen molar-refractivity contribution >= 4 is 33.5 Å². The van der Waals surface area contributed by atoms with Gasteiger partial charge in [-0.3, -0.25) is 0 Å². The van der Waals surface area contributed by atoms with Crippen LogP contribution in [-0.4, -0.2) is 57.9 Å². The summed E-state index contributed by atoms with van der Waals surface area (Å²) in [5.41, 5.74) is 0.800. The Morgan fingerprint density at radius 2 is 2.26 bits per heavy atom. The van der Waals surface area contributed by atoms with Crippen LogP contribution in [0.2, 0.25) is 0 Å². The molecule has 2 aromatic heterocycles. The summed E-state index contributed by atoms with van der Waals surface area (Å²) in [5.74, 6) is 0.879. The Kier molecular flexibility index (Phi) is 4.43. The van der Waals surface area contributed by atoms with E-state index >= 15 is 0 Å². The molecule has 2 aromatic rings. The second kappa shape index (κ2) is 6.35. The summed E-state index contributed by atoms with van der Waals surface area (Å²) in [4.78, 5) is 20.1. The van der Waals surface area contributed by atoms with Gasteiger partial charge >= 0.3 is 6.09 Å². The minimum Gasteiger partial charge on any atom is -0.447 e. The molecule has 0 aromatic carbocycles. The Morgan fingerprint density at radius 3 is 3.00 bits per heavy atom. The molecule has 3 heterocycles. The Hall–Kier alpha value is -1.83. The van der Waals surface area contributed by atoms with E-state index in [1.165, 1.54) is 0 Å². The molecule has 0 aliphatic carbocycles. The van der Waals surface area contributed by atoms with Crippen molar-refractivity contribution in [1.82, 2.24) is 19.5 Å². The second-order valence-electron chi connectivity index (χ2n) is 5.97. The van der Waals surface area contributed by atoms with Crippen molar-refractivity contribution in [3.8, 4) is 0 Å². The Balaban J connectivity index is 1.71. The molecule has 0 bridgehead atoms. The molecule has 0 unspecified atom stereocenters. The zero-order valence-corrected chi connectivity index (χ0v) is 15.0. The molecule has 23 heavy (non-hydrogen) atoms. The van der Waals surface area contributed by atoms with Crippen LogP contribution in [-0.2, 0) is 4.74 Å². The SMILES string of the molecule is CC(C)OC(=O)N(C)[C@H]1CCN(c2ccc3ncc(Br)n3n2)C1. The zero-order valence-electron chi connectivity index (χ0n) is 13.4. The first-order chi connectivity index (χ1) is 11.0. The molecule has 3 rings (SSSR count). The second-order valence-corrected chi connectivity index (χ2v) is 6.79. The number of imidazole rings is 1. The predicted octanol–water partition coefficient (Wildman–Crippen LogP) is 2.55. The van der Waals surface area contributed by atoms with Gasteiger partial charge in [-0.25, -0.2) is 14.3 Å². The van der Waals surface area contributed by atoms with Gasteiger partial charge in [0.05, 0.1) is 18.3 Å². The van der Waals surface area contributed by atoms with Gasteiger partial charge in [0.25, 0.3) is 0 Å². The van der Waals surface area contributed by atoms with E-state index in [1.54, 1.807) is 22.7 Å². The van der Waals surface area contributed by atoms with Crippen LogP contribution in [0.4, 0.5) is 10.6 Å². The number of aromatic nitrogens is 3. The van der Waals surface area contributed by atoms with Gasteiger partial charge in [-0.1, -0.05) is 0 Å². The van der Waals surface area contributed by atoms with Crippen molar-refractivity contribution in [2.24, 2.45) is 0 Å². The summed E-state index contributed by atoms with van der Waals surface area (Å²) in [5, 5.41) is 4.60. The van der Waals surface area contributed by atoms with Crippen molar-refractivity contribution in [3.63, 3.8) is 0 Å². The van der Waals surface area contributed by atoms with Crippen LogP contribution < -0.4 is 4.90 Å². The summed E-state index contributed by atoms with van der Waals surface area (Å²) in [6, 6.07) is 4.03. The summed E-state index contributed by atoms with van der Waals surface area (Å²) < 4.78 is 7.85. The van der Waals surface area contributed by atoms with Crippen LogP contribution in [0.15, 0.2) is 22.9 Å². The number of carbonyl (C=O) groups is 1. The monoisotopic (exact) mass is 381 g/mol. The largest absolute Gasteiger partial charge is 0.447 e. The number of halogens is 1. The third-order valence-electron chi connectivity index (χ3n) is 3.97. The van der Waals surface area contributed by atoms with Gasteiger partial charge in [0, 0.05) is 20.1 Å². The fourth-order valence-corrected chi connectivity index (χ4v) is 3.07. The molecule has 0 saturated carbocycles. The van der Waals surface area contributed by atoms with Gasteiger partial charge in [0.2, 0.25) is 0 Å². The summed E-state index contributed by atoms with van der Waals surface area (Å²) in [6.45, 7) is 5.31. The Labute approximate surface area is 143 Å². The Bertz CT molecular complexity index is 717. The third kappa shape index (κ3) is 3.26. The molecule has 1 fully saturated rings. The summed E-state index contributed by atoms with van der Waals surface area (Å²) >= 11 is 3.44. The van der Waals surface area contributed by atoms with Gasteiger partial charge in [-0.05, 0) is 48.3 Å². The number of amides is 1. The van der Waals surface area contributed by atoms with Crippen molar-refractivity contribution in [3.05, 3.63) is 22.9 Å². The van der Waals surface area contributed by atoms with Gasteiger partial charge in [-0.2, -0.15) is 0 Å². The maximum absolute atomic E-state index is 12.0. The molecule has 1 saturated heterocycles. The standard InChI is InChI=1S/C15H20BrN5O2/c1-10(2)23-15(22)19(3)11-6-7-20(9-11)14-5-4-13-17-8-12(16)21(13)18-14/h4-5,8,10-11H,6-7,9H2,1-3H3/t11-/m0/s1. The molecule has 0 spiro atoms. The molecular formula is C15H20BrN5O2. The highest BCUT2D eigenvalue weighted by Gasteiger charge is 2.30. The van der Waals surface area contributed by atoms with Crippen molar-refractivity contribution in [2.45, 2.75) is 32.4 Å². The van der Waals surface area contributed by atoms with Crippen LogP contribution >= 0.6 is 15.9 Å². The average Bonchev–Trinajstić information content (AvgIpc) is 3.13. The number of hydrogen-bond donors (Lipinski definition) is 0. The predicted molar refractivity (Wildman–Crippen MR) is 90.7 cm³/mol. The summed E-state index contributed by atoms with van der Waals surface area (Å²) in [6.07, 6.45) is 2.25. The lowest BCUT2D eigenvalue weighted by atomic mass is 10.2. The van der Waals surface area contributed by atoms with Gasteiger partial charge in [-0.15, -0.1) is 5.10 Å². The number of fused-ring (bicyclic) bond motifs is 1. The lowest BCUT2D eigenvalue weighted by Crippen LogP contribution is -2.40. The van der Waals surface area contributed by atoms with E-state index in [9.17, 15) is 4.79 Å². The number of hydrogen-bond acceptors (Lipinski definition) is 5. The normalized spacial score (nSPS) is 18.0. The minimum atomic E-state index is -0.271. The lowest BCUT2D eigenvalue weighted by molar-refractivity contribution is 0.0748. The topological polar surface area (TPSA) is 63.0 Å². The maximum atomic E-state index is 12.0. The molecule has 1 atom stereocenters. The number of carbonyl (C=O) groups excluding carboxylic acids is 1. The molecule has 8 heteroatoms. The first-order valence-corrected chi connectivity index (χ1v) is 8.43. The molecule has 1 amide bonds. The molecule has 1 aliphatic rings. The smallest absolute Gasteiger partial charge is 0.410 e. The van der Waals surface area contributed by atoms with Gasteiger partial charge in [0.15, 0.2) is 5.65 Å². The van der Waals surface area contributed by atoms with Crippen molar-refractivity contribution in [1.29, 1.82) is 0 Å². The molecule has 0 radical (unpaired) electrons. The van der Waals surface area contributed by atoms with Crippen molar-refractivity contribution in [2.75, 3.05) is 25.0 Å². The van der Waals surface area contributed by atoms with E-state index < -0.39 is 0 Å². The van der Waals surface area contributed by atoms with Crippen LogP contribution in [0, 0.1) is 0 Å². The number of nitrogens with zero attached hydrogens (tertiary/aromatic N) is 5. The van der Waals surface area contributed by atoms with E-state index in [0.717, 1.165) is 35.6 Å². The first-order valence-electron chi connectivity index (χ1n) is 7.64. The molecular weight excluding hydrogens is 362 g/mol. The highest BCUT2D eigenvalue weighted by Crippen LogP contribution is 2.22. The maximum Gasteiger partial charge on any atom is 0.410 e. The minimum absolute atomic E-state index is 0.106. The first kappa shape index (κ1) is 16.0. The summed E-state index contributed by atoms with van der Waals surface area (Å²) in [7, 11) is 1.79. The Morgan fingerprint density at radius 1 is 1.48 bits per heavy atom. The third-order valence-corrected chi connectivity index (χ3v) is 4.51. The number of rotatable bonds is 3. The molecule has 7 nitrogen and oxygen atoms in total. The quantitative estimate of drug-likeness (QED) is 0.817. The van der Waals surface area contributed by atoms with Crippen LogP contribution in [0.5, 0.6) is 0 Å². The average molecular weight is 382 g/mol. The zero-order chi connectivity index (χ0) is 16.6. The number of ether oxygens (including phenoxy) is 1. The van der Waals surface area contributed by atoms with E-state index in [2.05, 4.69) is 30.9 Å². The van der Waals surface area contributed by atoms with E-state index in [-0.39, 0.29) is 18.2 Å². The highest BCUT2D eigenvalue weighted by molar-refractivity contribution is 9.10.